The Kier molecular flexibility index (Phi) is 3.46. The van der Waals surface area contributed by atoms with Crippen molar-refractivity contribution in [2.45, 2.75) is 38.6 Å². The van der Waals surface area contributed by atoms with E-state index in [-0.39, 0.29) is 12.2 Å². The number of para-hydroxylation sites is 1. The van der Waals surface area contributed by atoms with Crippen LogP contribution in [0.3, 0.4) is 0 Å². The van der Waals surface area contributed by atoms with E-state index >= 15 is 0 Å². The van der Waals surface area contributed by atoms with Crippen LogP contribution in [0.1, 0.15) is 37.6 Å². The predicted octanol–water partition coefficient (Wildman–Crippen LogP) is 2.89. The molecular weight excluding hydrogens is 244 g/mol. The molecule has 0 amide bonds. The van der Waals surface area contributed by atoms with Crippen molar-refractivity contribution in [3.8, 4) is 5.75 Å². The first-order valence-electron chi connectivity index (χ1n) is 6.47. The molecule has 0 bridgehead atoms. The second-order valence-corrected chi connectivity index (χ2v) is 4.66. The molecule has 1 aliphatic rings. The molecule has 0 N–H and O–H groups in total. The molecule has 19 heavy (non-hydrogen) atoms. The van der Waals surface area contributed by atoms with Crippen molar-refractivity contribution < 1.29 is 14.0 Å². The van der Waals surface area contributed by atoms with Crippen molar-refractivity contribution in [2.24, 2.45) is 0 Å². The molecule has 0 aliphatic carbocycles. The van der Waals surface area contributed by atoms with Gasteiger partial charge in [-0.3, -0.25) is 0 Å². The molecule has 5 heteroatoms. The van der Waals surface area contributed by atoms with E-state index in [0.29, 0.717) is 18.3 Å². The first-order chi connectivity index (χ1) is 9.31. The number of hydrogen-bond donors (Lipinski definition) is 0. The van der Waals surface area contributed by atoms with Crippen molar-refractivity contribution in [3.63, 3.8) is 0 Å². The largest absolute Gasteiger partial charge is 0.485 e. The summed E-state index contributed by atoms with van der Waals surface area (Å²) in [6.45, 7) is 2.35. The SMILES string of the molecule is C[C@H]1CC[C@@H](c2nc(COc3ccccc3)no2)O1. The van der Waals surface area contributed by atoms with Crippen LogP contribution in [0.4, 0.5) is 0 Å². The summed E-state index contributed by atoms with van der Waals surface area (Å²) in [6, 6.07) is 9.57. The van der Waals surface area contributed by atoms with Crippen LogP contribution in [0.2, 0.25) is 0 Å². The molecule has 2 atom stereocenters. The zero-order valence-corrected chi connectivity index (χ0v) is 10.8. The lowest BCUT2D eigenvalue weighted by Gasteiger charge is -2.04. The summed E-state index contributed by atoms with van der Waals surface area (Å²) >= 11 is 0. The number of rotatable bonds is 4. The maximum absolute atomic E-state index is 5.69. The third-order valence-electron chi connectivity index (χ3n) is 3.10. The summed E-state index contributed by atoms with van der Waals surface area (Å²) in [7, 11) is 0. The van der Waals surface area contributed by atoms with E-state index in [4.69, 9.17) is 14.0 Å². The zero-order valence-electron chi connectivity index (χ0n) is 10.8. The Morgan fingerprint density at radius 1 is 1.26 bits per heavy atom. The minimum absolute atomic E-state index is 0.0621. The van der Waals surface area contributed by atoms with E-state index in [1.54, 1.807) is 0 Å². The van der Waals surface area contributed by atoms with Crippen LogP contribution in [-0.4, -0.2) is 16.2 Å². The monoisotopic (exact) mass is 260 g/mol. The molecular formula is C14H16N2O3. The summed E-state index contributed by atoms with van der Waals surface area (Å²) in [5.41, 5.74) is 0. The molecule has 1 fully saturated rings. The number of ether oxygens (including phenoxy) is 2. The van der Waals surface area contributed by atoms with E-state index in [9.17, 15) is 0 Å². The quantitative estimate of drug-likeness (QED) is 0.846. The lowest BCUT2D eigenvalue weighted by molar-refractivity contribution is 0.0355. The number of aromatic nitrogens is 2. The lowest BCUT2D eigenvalue weighted by atomic mass is 10.2. The van der Waals surface area contributed by atoms with Gasteiger partial charge in [-0.2, -0.15) is 4.98 Å². The molecule has 1 aromatic heterocycles. The van der Waals surface area contributed by atoms with E-state index < -0.39 is 0 Å². The fourth-order valence-corrected chi connectivity index (χ4v) is 2.11. The molecule has 2 heterocycles. The molecule has 100 valence electrons. The van der Waals surface area contributed by atoms with Gasteiger partial charge in [0.05, 0.1) is 6.10 Å². The second-order valence-electron chi connectivity index (χ2n) is 4.66. The van der Waals surface area contributed by atoms with Crippen LogP contribution in [0.15, 0.2) is 34.9 Å². The summed E-state index contributed by atoms with van der Waals surface area (Å²) in [5.74, 6) is 1.89. The van der Waals surface area contributed by atoms with Gasteiger partial charge >= 0.3 is 0 Å². The van der Waals surface area contributed by atoms with Crippen molar-refractivity contribution >= 4 is 0 Å². The van der Waals surface area contributed by atoms with Crippen molar-refractivity contribution in [1.82, 2.24) is 10.1 Å². The Morgan fingerprint density at radius 3 is 2.84 bits per heavy atom. The fraction of sp³-hybridized carbons (Fsp3) is 0.429. The number of nitrogens with zero attached hydrogens (tertiary/aromatic N) is 2. The maximum atomic E-state index is 5.69. The van der Waals surface area contributed by atoms with E-state index in [2.05, 4.69) is 17.1 Å². The molecule has 5 nitrogen and oxygen atoms in total. The molecule has 0 spiro atoms. The van der Waals surface area contributed by atoms with Gasteiger partial charge in [-0.25, -0.2) is 0 Å². The van der Waals surface area contributed by atoms with Crippen LogP contribution in [0.25, 0.3) is 0 Å². The molecule has 0 unspecified atom stereocenters. The van der Waals surface area contributed by atoms with E-state index in [1.165, 1.54) is 0 Å². The zero-order chi connectivity index (χ0) is 13.1. The summed E-state index contributed by atoms with van der Waals surface area (Å²) in [5, 5.41) is 3.91. The van der Waals surface area contributed by atoms with Gasteiger partial charge in [-0.1, -0.05) is 23.4 Å². The van der Waals surface area contributed by atoms with Crippen LogP contribution in [-0.2, 0) is 11.3 Å². The highest BCUT2D eigenvalue weighted by Crippen LogP contribution is 2.31. The molecule has 1 aliphatic heterocycles. The summed E-state index contributed by atoms with van der Waals surface area (Å²) in [4.78, 5) is 4.31. The Balaban J connectivity index is 1.59. The van der Waals surface area contributed by atoms with Gasteiger partial charge in [-0.15, -0.1) is 0 Å². The number of benzene rings is 1. The number of hydrogen-bond acceptors (Lipinski definition) is 5. The maximum Gasteiger partial charge on any atom is 0.255 e. The Morgan fingerprint density at radius 2 is 2.11 bits per heavy atom. The molecule has 1 aromatic carbocycles. The Hall–Kier alpha value is -1.88. The normalized spacial score (nSPS) is 22.6. The predicted molar refractivity (Wildman–Crippen MR) is 67.6 cm³/mol. The van der Waals surface area contributed by atoms with Crippen molar-refractivity contribution in [2.75, 3.05) is 0 Å². The third kappa shape index (κ3) is 2.93. The highest BCUT2D eigenvalue weighted by molar-refractivity contribution is 5.20. The summed E-state index contributed by atoms with van der Waals surface area (Å²) < 4.78 is 16.5. The van der Waals surface area contributed by atoms with Gasteiger partial charge in [-0.05, 0) is 31.9 Å². The van der Waals surface area contributed by atoms with Crippen LogP contribution >= 0.6 is 0 Å². The molecule has 3 rings (SSSR count). The Labute approximate surface area is 111 Å². The average molecular weight is 260 g/mol. The Bertz CT molecular complexity index is 526. The average Bonchev–Trinajstić information content (AvgIpc) is 3.06. The highest BCUT2D eigenvalue weighted by atomic mass is 16.5. The second kappa shape index (κ2) is 5.40. The fourth-order valence-electron chi connectivity index (χ4n) is 2.11. The molecule has 2 aromatic rings. The van der Waals surface area contributed by atoms with E-state index in [0.717, 1.165) is 18.6 Å². The topological polar surface area (TPSA) is 57.4 Å². The minimum atomic E-state index is -0.0621. The molecule has 0 saturated carbocycles. The van der Waals surface area contributed by atoms with Gasteiger partial charge in [0, 0.05) is 0 Å². The van der Waals surface area contributed by atoms with Crippen LogP contribution in [0.5, 0.6) is 5.75 Å². The lowest BCUT2D eigenvalue weighted by Crippen LogP contribution is -2.02. The first kappa shape index (κ1) is 12.2. The van der Waals surface area contributed by atoms with Crippen molar-refractivity contribution in [3.05, 3.63) is 42.0 Å². The van der Waals surface area contributed by atoms with Gasteiger partial charge in [0.1, 0.15) is 11.9 Å². The first-order valence-corrected chi connectivity index (χ1v) is 6.47. The van der Waals surface area contributed by atoms with Crippen LogP contribution in [0, 0.1) is 0 Å². The third-order valence-corrected chi connectivity index (χ3v) is 3.10. The van der Waals surface area contributed by atoms with Gasteiger partial charge in [0.25, 0.3) is 5.89 Å². The van der Waals surface area contributed by atoms with Gasteiger partial charge < -0.3 is 14.0 Å². The molecule has 1 saturated heterocycles. The highest BCUT2D eigenvalue weighted by Gasteiger charge is 2.28. The smallest absolute Gasteiger partial charge is 0.255 e. The van der Waals surface area contributed by atoms with Gasteiger partial charge in [0.15, 0.2) is 6.61 Å². The van der Waals surface area contributed by atoms with E-state index in [1.807, 2.05) is 30.3 Å². The summed E-state index contributed by atoms with van der Waals surface area (Å²) in [6.07, 6.45) is 2.17. The van der Waals surface area contributed by atoms with Crippen LogP contribution < -0.4 is 4.74 Å². The molecule has 0 radical (unpaired) electrons. The van der Waals surface area contributed by atoms with Crippen molar-refractivity contribution in [1.29, 1.82) is 0 Å². The minimum Gasteiger partial charge on any atom is -0.485 e. The van der Waals surface area contributed by atoms with Gasteiger partial charge in [0.2, 0.25) is 5.82 Å². The standard InChI is InChI=1S/C14H16N2O3/c1-10-7-8-12(18-10)14-15-13(16-19-14)9-17-11-5-3-2-4-6-11/h2-6,10,12H,7-9H2,1H3/t10-,12-/m0/s1.